The minimum absolute atomic E-state index is 0.0236. The molecular weight excluding hydrogens is 240 g/mol. The van der Waals surface area contributed by atoms with E-state index in [0.29, 0.717) is 32.0 Å². The second kappa shape index (κ2) is 8.53. The van der Waals surface area contributed by atoms with Crippen LogP contribution in [-0.4, -0.2) is 37.3 Å². The van der Waals surface area contributed by atoms with Crippen LogP contribution < -0.4 is 10.2 Å². The lowest BCUT2D eigenvalue weighted by atomic mass is 10.2. The van der Waals surface area contributed by atoms with Crippen molar-refractivity contribution in [2.75, 3.05) is 31.1 Å². The highest BCUT2D eigenvalue weighted by atomic mass is 16.3. The van der Waals surface area contributed by atoms with Crippen molar-refractivity contribution in [1.82, 2.24) is 5.32 Å². The van der Waals surface area contributed by atoms with E-state index in [1.807, 2.05) is 35.2 Å². The van der Waals surface area contributed by atoms with Gasteiger partial charge in [0.2, 0.25) is 5.91 Å². The van der Waals surface area contributed by atoms with Crippen molar-refractivity contribution in [3.63, 3.8) is 0 Å². The lowest BCUT2D eigenvalue weighted by Crippen LogP contribution is -2.39. The number of amides is 1. The zero-order valence-corrected chi connectivity index (χ0v) is 11.8. The number of anilines is 1. The Balaban J connectivity index is 2.57. The van der Waals surface area contributed by atoms with E-state index in [2.05, 4.69) is 19.2 Å². The van der Waals surface area contributed by atoms with Crippen LogP contribution in [0.2, 0.25) is 0 Å². The maximum absolute atomic E-state index is 11.9. The number of nitrogens with one attached hydrogen (secondary N) is 1. The van der Waals surface area contributed by atoms with Crippen molar-refractivity contribution in [3.8, 4) is 0 Å². The minimum Gasteiger partial charge on any atom is -0.396 e. The first kappa shape index (κ1) is 15.5. The Bertz CT molecular complexity index is 366. The van der Waals surface area contributed by atoms with E-state index in [-0.39, 0.29) is 12.5 Å². The van der Waals surface area contributed by atoms with Gasteiger partial charge in [0.1, 0.15) is 0 Å². The molecule has 0 saturated carbocycles. The molecule has 4 nitrogen and oxygen atoms in total. The third-order valence-electron chi connectivity index (χ3n) is 2.75. The van der Waals surface area contributed by atoms with E-state index in [1.54, 1.807) is 0 Å². The molecule has 0 unspecified atom stereocenters. The molecule has 0 heterocycles. The van der Waals surface area contributed by atoms with Gasteiger partial charge in [-0.2, -0.15) is 0 Å². The minimum atomic E-state index is 0.0236. The van der Waals surface area contributed by atoms with Crippen molar-refractivity contribution in [3.05, 3.63) is 30.3 Å². The number of hydrogen-bond acceptors (Lipinski definition) is 3. The molecule has 1 rings (SSSR count). The Morgan fingerprint density at radius 2 is 2.00 bits per heavy atom. The van der Waals surface area contributed by atoms with Crippen molar-refractivity contribution in [1.29, 1.82) is 0 Å². The summed E-state index contributed by atoms with van der Waals surface area (Å²) < 4.78 is 0. The highest BCUT2D eigenvalue weighted by molar-refractivity contribution is 5.81. The Labute approximate surface area is 115 Å². The Kier molecular flexibility index (Phi) is 6.97. The van der Waals surface area contributed by atoms with Gasteiger partial charge in [-0.15, -0.1) is 0 Å². The topological polar surface area (TPSA) is 52.6 Å². The molecule has 0 radical (unpaired) electrons. The average Bonchev–Trinajstić information content (AvgIpc) is 2.42. The van der Waals surface area contributed by atoms with Crippen LogP contribution in [0.5, 0.6) is 0 Å². The molecule has 0 saturated heterocycles. The van der Waals surface area contributed by atoms with Crippen molar-refractivity contribution < 1.29 is 9.90 Å². The molecule has 0 aliphatic rings. The van der Waals surface area contributed by atoms with Gasteiger partial charge in [0.05, 0.1) is 6.54 Å². The van der Waals surface area contributed by atoms with E-state index in [1.165, 1.54) is 0 Å². The maximum atomic E-state index is 11.9. The zero-order chi connectivity index (χ0) is 14.1. The fourth-order valence-electron chi connectivity index (χ4n) is 1.75. The van der Waals surface area contributed by atoms with Crippen LogP contribution in [0.3, 0.4) is 0 Å². The fourth-order valence-corrected chi connectivity index (χ4v) is 1.75. The van der Waals surface area contributed by atoms with Gasteiger partial charge < -0.3 is 15.3 Å². The van der Waals surface area contributed by atoms with Crippen molar-refractivity contribution in [2.45, 2.75) is 20.3 Å². The normalized spacial score (nSPS) is 10.5. The average molecular weight is 264 g/mol. The van der Waals surface area contributed by atoms with Gasteiger partial charge in [-0.3, -0.25) is 4.79 Å². The fraction of sp³-hybridized carbons (Fsp3) is 0.533. The van der Waals surface area contributed by atoms with Crippen LogP contribution in [-0.2, 0) is 4.79 Å². The third kappa shape index (κ3) is 6.25. The first-order chi connectivity index (χ1) is 9.13. The van der Waals surface area contributed by atoms with Crippen molar-refractivity contribution in [2.24, 2.45) is 5.92 Å². The van der Waals surface area contributed by atoms with Crippen LogP contribution in [0.4, 0.5) is 5.69 Å². The zero-order valence-electron chi connectivity index (χ0n) is 11.8. The molecule has 0 spiro atoms. The van der Waals surface area contributed by atoms with Crippen LogP contribution in [0.1, 0.15) is 20.3 Å². The first-order valence-electron chi connectivity index (χ1n) is 6.81. The predicted molar refractivity (Wildman–Crippen MR) is 78.2 cm³/mol. The number of benzene rings is 1. The molecule has 0 fully saturated rings. The van der Waals surface area contributed by atoms with Gasteiger partial charge in [-0.05, 0) is 24.5 Å². The van der Waals surface area contributed by atoms with Gasteiger partial charge in [0, 0.05) is 25.4 Å². The number of carbonyl (C=O) groups is 1. The van der Waals surface area contributed by atoms with Gasteiger partial charge in [-0.25, -0.2) is 0 Å². The smallest absolute Gasteiger partial charge is 0.239 e. The summed E-state index contributed by atoms with van der Waals surface area (Å²) in [5, 5.41) is 11.9. The summed E-state index contributed by atoms with van der Waals surface area (Å²) in [6.45, 7) is 5.98. The molecule has 0 aromatic heterocycles. The molecule has 1 aromatic rings. The summed E-state index contributed by atoms with van der Waals surface area (Å²) >= 11 is 0. The van der Waals surface area contributed by atoms with E-state index in [4.69, 9.17) is 5.11 Å². The summed E-state index contributed by atoms with van der Waals surface area (Å²) in [6, 6.07) is 9.81. The van der Waals surface area contributed by atoms with Gasteiger partial charge in [0.15, 0.2) is 0 Å². The summed E-state index contributed by atoms with van der Waals surface area (Å²) in [4.78, 5) is 13.9. The molecule has 2 N–H and O–H groups in total. The number of nitrogens with zero attached hydrogens (tertiary/aromatic N) is 1. The monoisotopic (exact) mass is 264 g/mol. The van der Waals surface area contributed by atoms with Gasteiger partial charge in [-0.1, -0.05) is 32.0 Å². The largest absolute Gasteiger partial charge is 0.396 e. The molecule has 0 atom stereocenters. The second-order valence-corrected chi connectivity index (χ2v) is 5.03. The summed E-state index contributed by atoms with van der Waals surface area (Å²) in [5.74, 6) is 0.474. The molecule has 4 heteroatoms. The number of para-hydroxylation sites is 1. The molecule has 0 aliphatic carbocycles. The molecule has 0 aliphatic heterocycles. The molecule has 0 bridgehead atoms. The number of aliphatic hydroxyl groups is 1. The van der Waals surface area contributed by atoms with Gasteiger partial charge in [0.25, 0.3) is 0 Å². The molecule has 19 heavy (non-hydrogen) atoms. The van der Waals surface area contributed by atoms with Crippen LogP contribution in [0.25, 0.3) is 0 Å². The number of rotatable bonds is 8. The molecule has 1 amide bonds. The first-order valence-corrected chi connectivity index (χ1v) is 6.81. The standard InChI is InChI=1S/C15H24N2O2/c1-13(2)11-16-15(19)12-17(9-6-10-18)14-7-4-3-5-8-14/h3-5,7-8,13,18H,6,9-12H2,1-2H3,(H,16,19). The summed E-state index contributed by atoms with van der Waals surface area (Å²) in [7, 11) is 0. The highest BCUT2D eigenvalue weighted by Crippen LogP contribution is 2.13. The van der Waals surface area contributed by atoms with E-state index >= 15 is 0 Å². The lowest BCUT2D eigenvalue weighted by molar-refractivity contribution is -0.119. The lowest BCUT2D eigenvalue weighted by Gasteiger charge is -2.24. The van der Waals surface area contributed by atoms with Crippen LogP contribution in [0, 0.1) is 5.92 Å². The Morgan fingerprint density at radius 3 is 2.58 bits per heavy atom. The van der Waals surface area contributed by atoms with E-state index < -0.39 is 0 Å². The molecular formula is C15H24N2O2. The number of hydrogen-bond donors (Lipinski definition) is 2. The summed E-state index contributed by atoms with van der Waals surface area (Å²) in [6.07, 6.45) is 0.659. The SMILES string of the molecule is CC(C)CNC(=O)CN(CCCO)c1ccccc1. The highest BCUT2D eigenvalue weighted by Gasteiger charge is 2.11. The second-order valence-electron chi connectivity index (χ2n) is 5.03. The number of aliphatic hydroxyl groups excluding tert-OH is 1. The quantitative estimate of drug-likeness (QED) is 0.750. The number of carbonyl (C=O) groups excluding carboxylic acids is 1. The van der Waals surface area contributed by atoms with Crippen LogP contribution in [0.15, 0.2) is 30.3 Å². The molecule has 1 aromatic carbocycles. The summed E-state index contributed by atoms with van der Waals surface area (Å²) in [5.41, 5.74) is 1.01. The Hall–Kier alpha value is -1.55. The van der Waals surface area contributed by atoms with Crippen LogP contribution >= 0.6 is 0 Å². The Morgan fingerprint density at radius 1 is 1.32 bits per heavy atom. The predicted octanol–water partition coefficient (Wildman–Crippen LogP) is 1.65. The van der Waals surface area contributed by atoms with Crippen molar-refractivity contribution >= 4 is 11.6 Å². The third-order valence-corrected chi connectivity index (χ3v) is 2.75. The molecule has 106 valence electrons. The van der Waals surface area contributed by atoms with Gasteiger partial charge >= 0.3 is 0 Å². The van der Waals surface area contributed by atoms with E-state index in [0.717, 1.165) is 5.69 Å². The maximum Gasteiger partial charge on any atom is 0.239 e. The van der Waals surface area contributed by atoms with E-state index in [9.17, 15) is 4.79 Å².